The topological polar surface area (TPSA) is 12.0 Å². The van der Waals surface area contributed by atoms with Crippen LogP contribution >= 0.6 is 23.2 Å². The predicted molar refractivity (Wildman–Crippen MR) is 75.1 cm³/mol. The van der Waals surface area contributed by atoms with Crippen molar-refractivity contribution in [3.05, 3.63) is 33.8 Å². The maximum Gasteiger partial charge on any atom is 0.0627 e. The van der Waals surface area contributed by atoms with Gasteiger partial charge < -0.3 is 5.32 Å². The molecule has 1 aliphatic rings. The number of hydrogen-bond acceptors (Lipinski definition) is 1. The van der Waals surface area contributed by atoms with Crippen molar-refractivity contribution < 1.29 is 0 Å². The molecule has 94 valence electrons. The second kappa shape index (κ2) is 6.08. The van der Waals surface area contributed by atoms with Crippen LogP contribution in [0.5, 0.6) is 0 Å². The van der Waals surface area contributed by atoms with Gasteiger partial charge in [0.15, 0.2) is 0 Å². The fraction of sp³-hybridized carbons (Fsp3) is 0.571. The summed E-state index contributed by atoms with van der Waals surface area (Å²) in [5, 5.41) is 4.96. The van der Waals surface area contributed by atoms with Gasteiger partial charge in [0.25, 0.3) is 0 Å². The average Bonchev–Trinajstić information content (AvgIpc) is 2.33. The fourth-order valence-corrected chi connectivity index (χ4v) is 3.24. The second-order valence-corrected chi connectivity index (χ2v) is 5.55. The molecule has 1 aliphatic carbocycles. The highest BCUT2D eigenvalue weighted by atomic mass is 35.5. The Balaban J connectivity index is 2.13. The van der Waals surface area contributed by atoms with E-state index in [0.717, 1.165) is 11.6 Å². The Morgan fingerprint density at radius 3 is 2.88 bits per heavy atom. The molecule has 0 radical (unpaired) electrons. The van der Waals surface area contributed by atoms with Gasteiger partial charge in [-0.2, -0.15) is 0 Å². The molecule has 1 nitrogen and oxygen atoms in total. The molecule has 0 saturated heterocycles. The maximum absolute atomic E-state index is 6.30. The Hall–Kier alpha value is -0.240. The second-order valence-electron chi connectivity index (χ2n) is 4.76. The minimum atomic E-state index is 0.555. The first-order valence-corrected chi connectivity index (χ1v) is 7.15. The molecule has 1 aromatic rings. The molecule has 0 amide bonds. The van der Waals surface area contributed by atoms with Crippen LogP contribution in [0.4, 0.5) is 0 Å². The molecule has 0 spiro atoms. The van der Waals surface area contributed by atoms with E-state index in [1.165, 1.54) is 31.2 Å². The molecule has 1 fully saturated rings. The summed E-state index contributed by atoms with van der Waals surface area (Å²) in [6, 6.07) is 6.61. The normalized spacial score (nSPS) is 24.9. The van der Waals surface area contributed by atoms with E-state index in [1.807, 2.05) is 12.1 Å². The molecular weight excluding hydrogens is 253 g/mol. The third kappa shape index (κ3) is 3.15. The third-order valence-electron chi connectivity index (χ3n) is 3.59. The monoisotopic (exact) mass is 271 g/mol. The van der Waals surface area contributed by atoms with Crippen LogP contribution in [-0.4, -0.2) is 12.6 Å². The highest BCUT2D eigenvalue weighted by Crippen LogP contribution is 2.38. The number of benzene rings is 1. The molecule has 2 unspecified atom stereocenters. The summed E-state index contributed by atoms with van der Waals surface area (Å²) in [5.41, 5.74) is 1.22. The summed E-state index contributed by atoms with van der Waals surface area (Å²) in [6.45, 7) is 3.21. The molecule has 0 heterocycles. The van der Waals surface area contributed by atoms with Crippen molar-refractivity contribution >= 4 is 23.2 Å². The third-order valence-corrected chi connectivity index (χ3v) is 4.42. The summed E-state index contributed by atoms with van der Waals surface area (Å²) in [7, 11) is 0. The summed E-state index contributed by atoms with van der Waals surface area (Å²) in [6.07, 6.45) is 4.95. The van der Waals surface area contributed by atoms with Crippen molar-refractivity contribution in [3.63, 3.8) is 0 Å². The Morgan fingerprint density at radius 1 is 1.29 bits per heavy atom. The lowest BCUT2D eigenvalue weighted by Gasteiger charge is -2.30. The minimum absolute atomic E-state index is 0.555. The molecule has 1 saturated carbocycles. The van der Waals surface area contributed by atoms with E-state index in [0.29, 0.717) is 17.0 Å². The molecule has 1 N–H and O–H groups in total. The van der Waals surface area contributed by atoms with Crippen LogP contribution in [0.1, 0.15) is 44.1 Å². The first-order valence-electron chi connectivity index (χ1n) is 6.39. The zero-order valence-electron chi connectivity index (χ0n) is 10.2. The van der Waals surface area contributed by atoms with Crippen LogP contribution in [0.15, 0.2) is 18.2 Å². The molecule has 0 bridgehead atoms. The van der Waals surface area contributed by atoms with Crippen LogP contribution in [0, 0.1) is 0 Å². The zero-order chi connectivity index (χ0) is 12.3. The molecule has 2 atom stereocenters. The lowest BCUT2D eigenvalue weighted by Crippen LogP contribution is -2.33. The van der Waals surface area contributed by atoms with Gasteiger partial charge in [-0.3, -0.25) is 0 Å². The van der Waals surface area contributed by atoms with Gasteiger partial charge in [0.1, 0.15) is 0 Å². The lowest BCUT2D eigenvalue weighted by atomic mass is 9.81. The van der Waals surface area contributed by atoms with Crippen molar-refractivity contribution in [3.8, 4) is 0 Å². The summed E-state index contributed by atoms with van der Waals surface area (Å²) < 4.78 is 0. The van der Waals surface area contributed by atoms with E-state index in [9.17, 15) is 0 Å². The molecule has 2 rings (SSSR count). The van der Waals surface area contributed by atoms with E-state index in [1.54, 1.807) is 0 Å². The van der Waals surface area contributed by atoms with Gasteiger partial charge in [-0.25, -0.2) is 0 Å². The van der Waals surface area contributed by atoms with Gasteiger partial charge >= 0.3 is 0 Å². The highest BCUT2D eigenvalue weighted by Gasteiger charge is 2.24. The Bertz CT molecular complexity index is 376. The van der Waals surface area contributed by atoms with Crippen molar-refractivity contribution in [2.75, 3.05) is 6.54 Å². The van der Waals surface area contributed by atoms with Crippen molar-refractivity contribution in [2.45, 2.75) is 44.6 Å². The number of hydrogen-bond donors (Lipinski definition) is 1. The highest BCUT2D eigenvalue weighted by molar-refractivity contribution is 6.42. The SMILES string of the molecule is CCNC1CCCC(c2cccc(Cl)c2Cl)C1. The average molecular weight is 272 g/mol. The number of nitrogens with one attached hydrogen (secondary N) is 1. The summed E-state index contributed by atoms with van der Waals surface area (Å²) in [4.78, 5) is 0. The van der Waals surface area contributed by atoms with Crippen LogP contribution < -0.4 is 5.32 Å². The van der Waals surface area contributed by atoms with Gasteiger partial charge in [0.05, 0.1) is 10.0 Å². The molecule has 3 heteroatoms. The lowest BCUT2D eigenvalue weighted by molar-refractivity contribution is 0.344. The maximum atomic E-state index is 6.30. The smallest absolute Gasteiger partial charge is 0.0627 e. The van der Waals surface area contributed by atoms with Crippen molar-refractivity contribution in [2.24, 2.45) is 0 Å². The Labute approximate surface area is 114 Å². The van der Waals surface area contributed by atoms with E-state index in [4.69, 9.17) is 23.2 Å². The van der Waals surface area contributed by atoms with Crippen molar-refractivity contribution in [1.82, 2.24) is 5.32 Å². The first kappa shape index (κ1) is 13.2. The molecular formula is C14H19Cl2N. The van der Waals surface area contributed by atoms with Gasteiger partial charge in [0.2, 0.25) is 0 Å². The van der Waals surface area contributed by atoms with E-state index >= 15 is 0 Å². The number of halogens is 2. The van der Waals surface area contributed by atoms with Crippen LogP contribution in [0.25, 0.3) is 0 Å². The van der Waals surface area contributed by atoms with Crippen LogP contribution in [0.3, 0.4) is 0 Å². The van der Waals surface area contributed by atoms with Crippen LogP contribution in [-0.2, 0) is 0 Å². The number of rotatable bonds is 3. The van der Waals surface area contributed by atoms with Gasteiger partial charge in [-0.05, 0) is 43.4 Å². The van der Waals surface area contributed by atoms with E-state index < -0.39 is 0 Å². The van der Waals surface area contributed by atoms with Gasteiger partial charge in [-0.1, -0.05) is 48.7 Å². The minimum Gasteiger partial charge on any atom is -0.314 e. The first-order chi connectivity index (χ1) is 8.22. The van der Waals surface area contributed by atoms with Gasteiger partial charge in [-0.15, -0.1) is 0 Å². The predicted octanol–water partition coefficient (Wildman–Crippen LogP) is 4.63. The molecule has 0 aliphatic heterocycles. The van der Waals surface area contributed by atoms with E-state index in [-0.39, 0.29) is 0 Å². The fourth-order valence-electron chi connectivity index (χ4n) is 2.78. The van der Waals surface area contributed by atoms with Crippen molar-refractivity contribution in [1.29, 1.82) is 0 Å². The largest absolute Gasteiger partial charge is 0.314 e. The summed E-state index contributed by atoms with van der Waals surface area (Å²) in [5.74, 6) is 0.555. The molecule has 17 heavy (non-hydrogen) atoms. The molecule has 1 aromatic carbocycles. The standard InChI is InChI=1S/C14H19Cl2N/c1-2-17-11-6-3-5-10(9-11)12-7-4-8-13(15)14(12)16/h4,7-8,10-11,17H,2-3,5-6,9H2,1H3. The van der Waals surface area contributed by atoms with Crippen LogP contribution in [0.2, 0.25) is 10.0 Å². The quantitative estimate of drug-likeness (QED) is 0.846. The summed E-state index contributed by atoms with van der Waals surface area (Å²) >= 11 is 12.4. The zero-order valence-corrected chi connectivity index (χ0v) is 11.7. The molecule has 0 aromatic heterocycles. The Kier molecular flexibility index (Phi) is 4.72. The Morgan fingerprint density at radius 2 is 2.12 bits per heavy atom. The van der Waals surface area contributed by atoms with E-state index in [2.05, 4.69) is 18.3 Å². The van der Waals surface area contributed by atoms with Gasteiger partial charge in [0, 0.05) is 6.04 Å².